The third-order valence-corrected chi connectivity index (χ3v) is 3.97. The predicted octanol–water partition coefficient (Wildman–Crippen LogP) is 1.58. The molecule has 0 heterocycles. The van der Waals surface area contributed by atoms with Crippen LogP contribution in [0.25, 0.3) is 0 Å². The number of allylic oxidation sites excluding steroid dienone is 1. The van der Waals surface area contributed by atoms with Crippen LogP contribution in [0.2, 0.25) is 0 Å². The van der Waals surface area contributed by atoms with Crippen molar-refractivity contribution in [2.24, 2.45) is 23.7 Å². The second-order valence-electron chi connectivity index (χ2n) is 4.36. The van der Waals surface area contributed by atoms with E-state index in [0.717, 1.165) is 17.8 Å². The van der Waals surface area contributed by atoms with E-state index in [0.29, 0.717) is 5.92 Å². The highest BCUT2D eigenvalue weighted by atomic mass is 16.3. The molecule has 0 aromatic carbocycles. The van der Waals surface area contributed by atoms with Gasteiger partial charge in [-0.05, 0) is 42.9 Å². The molecule has 1 heteroatoms. The van der Waals surface area contributed by atoms with Crippen molar-refractivity contribution in [3.8, 4) is 0 Å². The van der Waals surface area contributed by atoms with Gasteiger partial charge in [0.15, 0.2) is 0 Å². The molecule has 0 saturated heterocycles. The average Bonchev–Trinajstić information content (AvgIpc) is 2.60. The predicted molar refractivity (Wildman–Crippen MR) is 43.0 cm³/mol. The monoisotopic (exact) mass is 150 g/mol. The van der Waals surface area contributed by atoms with Crippen molar-refractivity contribution in [1.82, 2.24) is 0 Å². The lowest BCUT2D eigenvalue weighted by atomic mass is 9.80. The SMILES string of the molecule is O[C@H]1C=C[C@@H]2[C@@H]3CC[C@@H](C3)[C@@H]21. The zero-order chi connectivity index (χ0) is 7.42. The fourth-order valence-corrected chi connectivity index (χ4v) is 3.54. The molecule has 11 heavy (non-hydrogen) atoms. The van der Waals surface area contributed by atoms with Gasteiger partial charge in [0.1, 0.15) is 0 Å². The first-order chi connectivity index (χ1) is 5.36. The summed E-state index contributed by atoms with van der Waals surface area (Å²) < 4.78 is 0. The summed E-state index contributed by atoms with van der Waals surface area (Å²) in [5.41, 5.74) is 0. The van der Waals surface area contributed by atoms with Gasteiger partial charge in [-0.1, -0.05) is 12.2 Å². The van der Waals surface area contributed by atoms with Crippen LogP contribution in [0.5, 0.6) is 0 Å². The van der Waals surface area contributed by atoms with Crippen LogP contribution >= 0.6 is 0 Å². The molecule has 0 spiro atoms. The van der Waals surface area contributed by atoms with Gasteiger partial charge in [0.05, 0.1) is 6.10 Å². The molecule has 1 nitrogen and oxygen atoms in total. The molecular formula is C10H14O. The summed E-state index contributed by atoms with van der Waals surface area (Å²) in [6, 6.07) is 0. The lowest BCUT2D eigenvalue weighted by molar-refractivity contribution is 0.105. The summed E-state index contributed by atoms with van der Waals surface area (Å²) in [7, 11) is 0. The first kappa shape index (κ1) is 6.24. The first-order valence-electron chi connectivity index (χ1n) is 4.72. The van der Waals surface area contributed by atoms with E-state index in [9.17, 15) is 5.11 Å². The Morgan fingerprint density at radius 2 is 1.91 bits per heavy atom. The van der Waals surface area contributed by atoms with Crippen LogP contribution in [0.15, 0.2) is 12.2 Å². The van der Waals surface area contributed by atoms with E-state index in [1.54, 1.807) is 0 Å². The Kier molecular flexibility index (Phi) is 1.07. The van der Waals surface area contributed by atoms with Crippen LogP contribution < -0.4 is 0 Å². The molecule has 2 fully saturated rings. The van der Waals surface area contributed by atoms with Gasteiger partial charge in [-0.25, -0.2) is 0 Å². The van der Waals surface area contributed by atoms with Gasteiger partial charge in [0.25, 0.3) is 0 Å². The van der Waals surface area contributed by atoms with Crippen molar-refractivity contribution in [2.45, 2.75) is 25.4 Å². The highest BCUT2D eigenvalue weighted by molar-refractivity contribution is 5.16. The van der Waals surface area contributed by atoms with Gasteiger partial charge in [-0.3, -0.25) is 0 Å². The second-order valence-corrected chi connectivity index (χ2v) is 4.36. The number of hydrogen-bond acceptors (Lipinski definition) is 1. The number of aliphatic hydroxyl groups excluding tert-OH is 1. The van der Waals surface area contributed by atoms with Gasteiger partial charge in [-0.15, -0.1) is 0 Å². The molecule has 3 aliphatic rings. The quantitative estimate of drug-likeness (QED) is 0.520. The second kappa shape index (κ2) is 1.89. The fraction of sp³-hybridized carbons (Fsp3) is 0.800. The van der Waals surface area contributed by atoms with Crippen LogP contribution in [0, 0.1) is 23.7 Å². The molecule has 0 aromatic heterocycles. The molecule has 3 rings (SSSR count). The molecule has 0 aliphatic heterocycles. The smallest absolute Gasteiger partial charge is 0.0757 e. The molecule has 0 aromatic rings. The standard InChI is InChI=1S/C10H14O/c11-9-4-3-8-6-1-2-7(5-6)10(8)9/h3-4,6-11H,1-2,5H2/t6-,7+,8-,9+,10+/m1/s1. The minimum absolute atomic E-state index is 0.102. The summed E-state index contributed by atoms with van der Waals surface area (Å²) >= 11 is 0. The van der Waals surface area contributed by atoms with E-state index in [1.807, 2.05) is 6.08 Å². The van der Waals surface area contributed by atoms with Gasteiger partial charge >= 0.3 is 0 Å². The van der Waals surface area contributed by atoms with Gasteiger partial charge < -0.3 is 5.11 Å². The summed E-state index contributed by atoms with van der Waals surface area (Å²) in [4.78, 5) is 0. The van der Waals surface area contributed by atoms with Gasteiger partial charge in [0, 0.05) is 0 Å². The van der Waals surface area contributed by atoms with Crippen molar-refractivity contribution in [3.63, 3.8) is 0 Å². The molecule has 2 bridgehead atoms. The Hall–Kier alpha value is -0.300. The minimum Gasteiger partial charge on any atom is -0.389 e. The highest BCUT2D eigenvalue weighted by Gasteiger charge is 2.50. The molecule has 1 N–H and O–H groups in total. The zero-order valence-electron chi connectivity index (χ0n) is 6.61. The molecule has 0 unspecified atom stereocenters. The van der Waals surface area contributed by atoms with Crippen molar-refractivity contribution >= 4 is 0 Å². The van der Waals surface area contributed by atoms with Crippen molar-refractivity contribution in [2.75, 3.05) is 0 Å². The summed E-state index contributed by atoms with van der Waals surface area (Å²) in [5, 5.41) is 9.63. The van der Waals surface area contributed by atoms with E-state index >= 15 is 0 Å². The third-order valence-electron chi connectivity index (χ3n) is 3.97. The van der Waals surface area contributed by atoms with Gasteiger partial charge in [-0.2, -0.15) is 0 Å². The summed E-state index contributed by atoms with van der Waals surface area (Å²) in [6.45, 7) is 0. The fourth-order valence-electron chi connectivity index (χ4n) is 3.54. The lowest BCUT2D eigenvalue weighted by Gasteiger charge is -2.26. The van der Waals surface area contributed by atoms with Crippen LogP contribution in [-0.2, 0) is 0 Å². The zero-order valence-corrected chi connectivity index (χ0v) is 6.61. The molecule has 2 saturated carbocycles. The molecular weight excluding hydrogens is 136 g/mol. The molecule has 3 aliphatic carbocycles. The van der Waals surface area contributed by atoms with E-state index < -0.39 is 0 Å². The van der Waals surface area contributed by atoms with Crippen LogP contribution in [-0.4, -0.2) is 11.2 Å². The maximum absolute atomic E-state index is 9.63. The maximum Gasteiger partial charge on any atom is 0.0757 e. The Morgan fingerprint density at radius 3 is 2.73 bits per heavy atom. The molecule has 5 atom stereocenters. The summed E-state index contributed by atoms with van der Waals surface area (Å²) in [5.74, 6) is 3.16. The van der Waals surface area contributed by atoms with E-state index in [1.165, 1.54) is 19.3 Å². The average molecular weight is 150 g/mol. The number of fused-ring (bicyclic) bond motifs is 5. The lowest BCUT2D eigenvalue weighted by Crippen LogP contribution is -2.25. The number of hydrogen-bond donors (Lipinski definition) is 1. The minimum atomic E-state index is -0.102. The van der Waals surface area contributed by atoms with E-state index in [2.05, 4.69) is 6.08 Å². The number of rotatable bonds is 0. The van der Waals surface area contributed by atoms with Crippen molar-refractivity contribution in [3.05, 3.63) is 12.2 Å². The van der Waals surface area contributed by atoms with Crippen LogP contribution in [0.4, 0.5) is 0 Å². The highest BCUT2D eigenvalue weighted by Crippen LogP contribution is 2.56. The van der Waals surface area contributed by atoms with E-state index in [4.69, 9.17) is 0 Å². The largest absolute Gasteiger partial charge is 0.389 e. The number of aliphatic hydroxyl groups is 1. The maximum atomic E-state index is 9.63. The Bertz CT molecular complexity index is 209. The van der Waals surface area contributed by atoms with Crippen LogP contribution in [0.1, 0.15) is 19.3 Å². The Balaban J connectivity index is 1.96. The Morgan fingerprint density at radius 1 is 1.09 bits per heavy atom. The molecule has 60 valence electrons. The van der Waals surface area contributed by atoms with Crippen LogP contribution in [0.3, 0.4) is 0 Å². The first-order valence-corrected chi connectivity index (χ1v) is 4.72. The Labute approximate surface area is 67.1 Å². The topological polar surface area (TPSA) is 20.2 Å². The van der Waals surface area contributed by atoms with Crippen molar-refractivity contribution in [1.29, 1.82) is 0 Å². The van der Waals surface area contributed by atoms with Gasteiger partial charge in [0.2, 0.25) is 0 Å². The normalized spacial score (nSPS) is 58.8. The van der Waals surface area contributed by atoms with Crippen molar-refractivity contribution < 1.29 is 5.11 Å². The molecule has 0 radical (unpaired) electrons. The van der Waals surface area contributed by atoms with E-state index in [-0.39, 0.29) is 6.10 Å². The third kappa shape index (κ3) is 0.652. The summed E-state index contributed by atoms with van der Waals surface area (Å²) in [6.07, 6.45) is 8.37. The molecule has 0 amide bonds.